The first-order valence-corrected chi connectivity index (χ1v) is 11.7. The van der Waals surface area contributed by atoms with E-state index in [1.54, 1.807) is 30.5 Å². The number of ether oxygens (including phenoxy) is 1. The summed E-state index contributed by atoms with van der Waals surface area (Å²) in [5, 5.41) is 3.97. The number of sulfonamides is 1. The Morgan fingerprint density at radius 3 is 2.55 bits per heavy atom. The Hall–Kier alpha value is -2.91. The minimum Gasteiger partial charge on any atom is -0.497 e. The summed E-state index contributed by atoms with van der Waals surface area (Å²) in [6.45, 7) is 5.76. The van der Waals surface area contributed by atoms with Crippen LogP contribution in [-0.2, 0) is 16.4 Å². The molecule has 31 heavy (non-hydrogen) atoms. The largest absolute Gasteiger partial charge is 0.497 e. The van der Waals surface area contributed by atoms with Crippen LogP contribution in [0, 0.1) is 6.92 Å². The van der Waals surface area contributed by atoms with Crippen LogP contribution in [0.1, 0.15) is 18.4 Å². The summed E-state index contributed by atoms with van der Waals surface area (Å²) in [7, 11) is -2.01. The van der Waals surface area contributed by atoms with Crippen molar-refractivity contribution >= 4 is 15.7 Å². The van der Waals surface area contributed by atoms with E-state index in [4.69, 9.17) is 9.26 Å². The zero-order valence-electron chi connectivity index (χ0n) is 17.9. The number of hydrogen-bond acceptors (Lipinski definition) is 7. The third-order valence-electron chi connectivity index (χ3n) is 5.49. The minimum absolute atomic E-state index is 0.280. The van der Waals surface area contributed by atoms with Gasteiger partial charge in [-0.15, -0.1) is 0 Å². The van der Waals surface area contributed by atoms with E-state index in [1.165, 1.54) is 0 Å². The molecule has 1 fully saturated rings. The Morgan fingerprint density at radius 1 is 1.10 bits per heavy atom. The van der Waals surface area contributed by atoms with Gasteiger partial charge in [-0.3, -0.25) is 0 Å². The second-order valence-corrected chi connectivity index (χ2v) is 9.34. The summed E-state index contributed by atoms with van der Waals surface area (Å²) in [6.07, 6.45) is 0.627. The third-order valence-corrected chi connectivity index (χ3v) is 7.53. The average Bonchev–Trinajstić information content (AvgIpc) is 3.29. The van der Waals surface area contributed by atoms with Crippen molar-refractivity contribution in [3.63, 3.8) is 0 Å². The van der Waals surface area contributed by atoms with E-state index in [-0.39, 0.29) is 4.90 Å². The van der Waals surface area contributed by atoms with Crippen LogP contribution in [0.25, 0.3) is 11.4 Å². The Morgan fingerprint density at radius 2 is 1.87 bits per heavy atom. The predicted octanol–water partition coefficient (Wildman–Crippen LogP) is 3.13. The number of aryl methyl sites for hydroxylation is 2. The van der Waals surface area contributed by atoms with E-state index in [1.807, 2.05) is 37.3 Å². The van der Waals surface area contributed by atoms with Gasteiger partial charge >= 0.3 is 0 Å². The zero-order valence-corrected chi connectivity index (χ0v) is 18.7. The quantitative estimate of drug-likeness (QED) is 0.579. The number of piperazine rings is 1. The Bertz CT molecular complexity index is 1170. The van der Waals surface area contributed by atoms with Crippen LogP contribution >= 0.6 is 0 Å². The van der Waals surface area contributed by atoms with E-state index >= 15 is 0 Å². The number of nitrogens with zero attached hydrogens (tertiary/aromatic N) is 4. The molecule has 0 radical (unpaired) electrons. The number of anilines is 1. The molecule has 1 saturated heterocycles. The molecule has 0 aliphatic carbocycles. The van der Waals surface area contributed by atoms with Gasteiger partial charge in [0, 0.05) is 49.9 Å². The molecule has 0 N–H and O–H groups in total. The molecule has 164 valence electrons. The second-order valence-electron chi connectivity index (χ2n) is 7.44. The lowest BCUT2D eigenvalue weighted by Gasteiger charge is -2.35. The molecule has 0 saturated carbocycles. The van der Waals surface area contributed by atoms with Gasteiger partial charge in [0.25, 0.3) is 0 Å². The maximum absolute atomic E-state index is 13.4. The highest BCUT2D eigenvalue weighted by molar-refractivity contribution is 7.89. The maximum Gasteiger partial charge on any atom is 0.243 e. The average molecular weight is 443 g/mol. The van der Waals surface area contributed by atoms with Gasteiger partial charge in [-0.2, -0.15) is 9.29 Å². The van der Waals surface area contributed by atoms with Crippen LogP contribution in [0.15, 0.2) is 51.9 Å². The zero-order chi connectivity index (χ0) is 22.0. The standard InChI is InChI=1S/C22H26N4O4S/c1-4-21-23-22(24-30-21)17-9-8-16(2)20(14-17)31(27,28)26-12-10-25(11-13-26)18-6-5-7-19(15-18)29-3/h5-9,14-15H,4,10-13H2,1-3H3. The lowest BCUT2D eigenvalue weighted by molar-refractivity contribution is 0.382. The fourth-order valence-electron chi connectivity index (χ4n) is 3.67. The lowest BCUT2D eigenvalue weighted by atomic mass is 10.1. The topological polar surface area (TPSA) is 88.8 Å². The molecule has 3 aromatic rings. The fourth-order valence-corrected chi connectivity index (χ4v) is 5.34. The molecule has 1 aliphatic rings. The van der Waals surface area contributed by atoms with Crippen LogP contribution in [0.4, 0.5) is 5.69 Å². The highest BCUT2D eigenvalue weighted by Crippen LogP contribution is 2.28. The summed E-state index contributed by atoms with van der Waals surface area (Å²) in [5.41, 5.74) is 2.35. The smallest absolute Gasteiger partial charge is 0.243 e. The fraction of sp³-hybridized carbons (Fsp3) is 0.364. The molecule has 0 spiro atoms. The summed E-state index contributed by atoms with van der Waals surface area (Å²) in [6, 6.07) is 13.1. The highest BCUT2D eigenvalue weighted by atomic mass is 32.2. The van der Waals surface area contributed by atoms with Gasteiger partial charge in [0.1, 0.15) is 5.75 Å². The van der Waals surface area contributed by atoms with Crippen molar-refractivity contribution in [3.8, 4) is 17.1 Å². The van der Waals surface area contributed by atoms with Crippen molar-refractivity contribution in [2.24, 2.45) is 0 Å². The summed E-state index contributed by atoms with van der Waals surface area (Å²) >= 11 is 0. The molecule has 1 aromatic heterocycles. The van der Waals surface area contributed by atoms with Crippen LogP contribution in [0.3, 0.4) is 0 Å². The normalized spacial score (nSPS) is 15.3. The van der Waals surface area contributed by atoms with Crippen LogP contribution in [0.5, 0.6) is 5.75 Å². The lowest BCUT2D eigenvalue weighted by Crippen LogP contribution is -2.48. The van der Waals surface area contributed by atoms with Crippen molar-refractivity contribution in [1.82, 2.24) is 14.4 Å². The highest BCUT2D eigenvalue weighted by Gasteiger charge is 2.30. The van der Waals surface area contributed by atoms with Crippen LogP contribution in [0.2, 0.25) is 0 Å². The van der Waals surface area contributed by atoms with Gasteiger partial charge in [-0.1, -0.05) is 30.3 Å². The van der Waals surface area contributed by atoms with E-state index in [0.717, 1.165) is 11.4 Å². The molecular formula is C22H26N4O4S. The summed E-state index contributed by atoms with van der Waals surface area (Å²) in [5.74, 6) is 1.71. The monoisotopic (exact) mass is 442 g/mol. The molecule has 1 aliphatic heterocycles. The van der Waals surface area contributed by atoms with Gasteiger partial charge in [0.05, 0.1) is 12.0 Å². The van der Waals surface area contributed by atoms with E-state index < -0.39 is 10.0 Å². The predicted molar refractivity (Wildman–Crippen MR) is 118 cm³/mol. The molecule has 8 nitrogen and oxygen atoms in total. The third kappa shape index (κ3) is 4.28. The first-order valence-electron chi connectivity index (χ1n) is 10.2. The number of aromatic nitrogens is 2. The SMILES string of the molecule is CCc1nc(-c2ccc(C)c(S(=O)(=O)N3CCN(c4cccc(OC)c4)CC3)c2)no1. The van der Waals surface area contributed by atoms with Crippen LogP contribution < -0.4 is 9.64 Å². The van der Waals surface area contributed by atoms with Gasteiger partial charge < -0.3 is 14.2 Å². The molecular weight excluding hydrogens is 416 g/mol. The van der Waals surface area contributed by atoms with Crippen molar-refractivity contribution in [2.75, 3.05) is 38.2 Å². The van der Waals surface area contributed by atoms with Crippen molar-refractivity contribution in [1.29, 1.82) is 0 Å². The Kier molecular flexibility index (Phi) is 5.97. The van der Waals surface area contributed by atoms with E-state index in [9.17, 15) is 8.42 Å². The van der Waals surface area contributed by atoms with E-state index in [0.29, 0.717) is 55.4 Å². The molecule has 9 heteroatoms. The molecule has 0 atom stereocenters. The molecule has 2 heterocycles. The van der Waals surface area contributed by atoms with Crippen molar-refractivity contribution < 1.29 is 17.7 Å². The van der Waals surface area contributed by atoms with Crippen LogP contribution in [-0.4, -0.2) is 56.2 Å². The summed E-state index contributed by atoms with van der Waals surface area (Å²) < 4.78 is 38.9. The summed E-state index contributed by atoms with van der Waals surface area (Å²) in [4.78, 5) is 6.77. The van der Waals surface area contributed by atoms with Gasteiger partial charge in [-0.25, -0.2) is 8.42 Å². The molecule has 4 rings (SSSR count). The second kappa shape index (κ2) is 8.68. The Balaban J connectivity index is 1.54. The number of benzene rings is 2. The van der Waals surface area contributed by atoms with E-state index in [2.05, 4.69) is 15.0 Å². The first kappa shape index (κ1) is 21.3. The van der Waals surface area contributed by atoms with Gasteiger partial charge in [0.15, 0.2) is 0 Å². The van der Waals surface area contributed by atoms with Crippen molar-refractivity contribution in [3.05, 3.63) is 53.9 Å². The van der Waals surface area contributed by atoms with Gasteiger partial charge in [-0.05, 0) is 30.7 Å². The molecule has 0 amide bonds. The molecule has 2 aromatic carbocycles. The minimum atomic E-state index is -3.64. The first-order chi connectivity index (χ1) is 14.9. The molecule has 0 bridgehead atoms. The number of rotatable bonds is 6. The number of hydrogen-bond donors (Lipinski definition) is 0. The van der Waals surface area contributed by atoms with Gasteiger partial charge in [0.2, 0.25) is 21.7 Å². The Labute approximate surface area is 182 Å². The number of methoxy groups -OCH3 is 1. The van der Waals surface area contributed by atoms with Crippen molar-refractivity contribution in [2.45, 2.75) is 25.2 Å². The molecule has 0 unspecified atom stereocenters. The maximum atomic E-state index is 13.4.